The molecule has 1 aliphatic rings. The SMILES string of the molecule is CC(Nc1ccc([N+](=O)[O-])cc1Br)C1CCCCC1. The van der Waals surface area contributed by atoms with Gasteiger partial charge in [0, 0.05) is 28.3 Å². The summed E-state index contributed by atoms with van der Waals surface area (Å²) in [5.74, 6) is 0.704. The second-order valence-electron chi connectivity index (χ2n) is 5.25. The van der Waals surface area contributed by atoms with Gasteiger partial charge in [-0.25, -0.2) is 0 Å². The van der Waals surface area contributed by atoms with Crippen molar-refractivity contribution >= 4 is 27.3 Å². The molecule has 1 N–H and O–H groups in total. The summed E-state index contributed by atoms with van der Waals surface area (Å²) in [4.78, 5) is 10.3. The molecule has 1 aromatic rings. The number of hydrogen-bond acceptors (Lipinski definition) is 3. The van der Waals surface area contributed by atoms with Crippen LogP contribution in [0.3, 0.4) is 0 Å². The highest BCUT2D eigenvalue weighted by Crippen LogP contribution is 2.31. The molecule has 4 nitrogen and oxygen atoms in total. The normalized spacial score (nSPS) is 18.0. The fourth-order valence-electron chi connectivity index (χ4n) is 2.73. The molecule has 1 fully saturated rings. The molecule has 0 aromatic heterocycles. The molecule has 1 unspecified atom stereocenters. The number of halogens is 1. The van der Waals surface area contributed by atoms with E-state index in [0.29, 0.717) is 12.0 Å². The van der Waals surface area contributed by atoms with Crippen molar-refractivity contribution < 1.29 is 4.92 Å². The van der Waals surface area contributed by atoms with Gasteiger partial charge in [0.1, 0.15) is 0 Å². The predicted octanol–water partition coefficient (Wildman–Crippen LogP) is 4.74. The molecule has 1 atom stereocenters. The molecule has 104 valence electrons. The van der Waals surface area contributed by atoms with Crippen molar-refractivity contribution in [3.8, 4) is 0 Å². The van der Waals surface area contributed by atoms with E-state index in [4.69, 9.17) is 0 Å². The van der Waals surface area contributed by atoms with Crippen LogP contribution in [-0.2, 0) is 0 Å². The Kier molecular flexibility index (Phi) is 4.80. The number of nitrogens with one attached hydrogen (secondary N) is 1. The maximum absolute atomic E-state index is 10.7. The van der Waals surface area contributed by atoms with E-state index in [2.05, 4.69) is 28.2 Å². The van der Waals surface area contributed by atoms with Gasteiger partial charge in [0.2, 0.25) is 0 Å². The van der Waals surface area contributed by atoms with Crippen molar-refractivity contribution in [2.45, 2.75) is 45.1 Å². The lowest BCUT2D eigenvalue weighted by Crippen LogP contribution is -2.27. The third-order valence-electron chi connectivity index (χ3n) is 3.90. The minimum atomic E-state index is -0.376. The van der Waals surface area contributed by atoms with E-state index in [1.807, 2.05) is 0 Å². The maximum atomic E-state index is 10.7. The van der Waals surface area contributed by atoms with Gasteiger partial charge >= 0.3 is 0 Å². The highest BCUT2D eigenvalue weighted by Gasteiger charge is 2.20. The van der Waals surface area contributed by atoms with Gasteiger partial charge in [-0.15, -0.1) is 0 Å². The minimum absolute atomic E-state index is 0.114. The van der Waals surface area contributed by atoms with Crippen LogP contribution in [0.2, 0.25) is 0 Å². The van der Waals surface area contributed by atoms with Gasteiger partial charge in [0.15, 0.2) is 0 Å². The molecule has 0 aliphatic heterocycles. The first-order valence-corrected chi connectivity index (χ1v) is 7.57. The Bertz CT molecular complexity index is 459. The molecule has 2 rings (SSSR count). The molecule has 0 amide bonds. The number of hydrogen-bond donors (Lipinski definition) is 1. The number of non-ortho nitro benzene ring substituents is 1. The summed E-state index contributed by atoms with van der Waals surface area (Å²) < 4.78 is 0.754. The summed E-state index contributed by atoms with van der Waals surface area (Å²) in [6, 6.07) is 5.27. The summed E-state index contributed by atoms with van der Waals surface area (Å²) in [6.45, 7) is 2.20. The summed E-state index contributed by atoms with van der Waals surface area (Å²) in [5.41, 5.74) is 1.05. The summed E-state index contributed by atoms with van der Waals surface area (Å²) in [5, 5.41) is 14.2. The smallest absolute Gasteiger partial charge is 0.270 e. The molecule has 5 heteroatoms. The molecule has 1 saturated carbocycles. The molecule has 0 spiro atoms. The minimum Gasteiger partial charge on any atom is -0.381 e. The monoisotopic (exact) mass is 326 g/mol. The van der Waals surface area contributed by atoms with E-state index in [1.165, 1.54) is 32.1 Å². The Balaban J connectivity index is 2.03. The van der Waals surface area contributed by atoms with Crippen LogP contribution in [-0.4, -0.2) is 11.0 Å². The highest BCUT2D eigenvalue weighted by molar-refractivity contribution is 9.10. The van der Waals surface area contributed by atoms with Gasteiger partial charge in [0.05, 0.1) is 4.92 Å². The molecular formula is C14H19BrN2O2. The Morgan fingerprint density at radius 1 is 1.37 bits per heavy atom. The van der Waals surface area contributed by atoms with Crippen LogP contribution in [0.15, 0.2) is 22.7 Å². The van der Waals surface area contributed by atoms with Gasteiger partial charge in [-0.3, -0.25) is 10.1 Å². The zero-order valence-corrected chi connectivity index (χ0v) is 12.6. The van der Waals surface area contributed by atoms with E-state index in [9.17, 15) is 10.1 Å². The number of nitro groups is 1. The Morgan fingerprint density at radius 2 is 2.05 bits per heavy atom. The van der Waals surface area contributed by atoms with Crippen LogP contribution in [0.5, 0.6) is 0 Å². The van der Waals surface area contributed by atoms with Crippen LogP contribution in [0.25, 0.3) is 0 Å². The summed E-state index contributed by atoms with van der Waals surface area (Å²) >= 11 is 3.40. The first kappa shape index (κ1) is 14.3. The zero-order valence-electron chi connectivity index (χ0n) is 11.1. The number of rotatable bonds is 4. The lowest BCUT2D eigenvalue weighted by atomic mass is 9.84. The third kappa shape index (κ3) is 3.69. The first-order chi connectivity index (χ1) is 9.08. The van der Waals surface area contributed by atoms with Gasteiger partial charge in [-0.2, -0.15) is 0 Å². The molecule has 1 aliphatic carbocycles. The standard InChI is InChI=1S/C14H19BrN2O2/c1-10(11-5-3-2-4-6-11)16-14-8-7-12(17(18)19)9-13(14)15/h7-11,16H,2-6H2,1H3. The van der Waals surface area contributed by atoms with Crippen LogP contribution in [0.4, 0.5) is 11.4 Å². The molecular weight excluding hydrogens is 308 g/mol. The molecule has 1 aromatic carbocycles. The van der Waals surface area contributed by atoms with Crippen molar-refractivity contribution in [3.63, 3.8) is 0 Å². The number of benzene rings is 1. The zero-order chi connectivity index (χ0) is 13.8. The number of anilines is 1. The van der Waals surface area contributed by atoms with Crippen molar-refractivity contribution in [1.29, 1.82) is 0 Å². The predicted molar refractivity (Wildman–Crippen MR) is 80.5 cm³/mol. The average molecular weight is 327 g/mol. The Morgan fingerprint density at radius 3 is 2.63 bits per heavy atom. The van der Waals surface area contributed by atoms with Gasteiger partial charge in [-0.1, -0.05) is 19.3 Å². The van der Waals surface area contributed by atoms with Gasteiger partial charge in [0.25, 0.3) is 5.69 Å². The van der Waals surface area contributed by atoms with Crippen molar-refractivity contribution in [2.24, 2.45) is 5.92 Å². The summed E-state index contributed by atoms with van der Waals surface area (Å²) in [7, 11) is 0. The van der Waals surface area contributed by atoms with E-state index in [-0.39, 0.29) is 10.6 Å². The van der Waals surface area contributed by atoms with E-state index >= 15 is 0 Å². The molecule has 19 heavy (non-hydrogen) atoms. The lowest BCUT2D eigenvalue weighted by molar-refractivity contribution is -0.384. The quantitative estimate of drug-likeness (QED) is 0.642. The van der Waals surface area contributed by atoms with Crippen LogP contribution in [0.1, 0.15) is 39.0 Å². The topological polar surface area (TPSA) is 55.2 Å². The van der Waals surface area contributed by atoms with Gasteiger partial charge in [-0.05, 0) is 47.7 Å². The van der Waals surface area contributed by atoms with E-state index in [0.717, 1.165) is 10.2 Å². The molecule has 0 radical (unpaired) electrons. The molecule has 0 bridgehead atoms. The Hall–Kier alpha value is -1.10. The largest absolute Gasteiger partial charge is 0.381 e. The van der Waals surface area contributed by atoms with Crippen LogP contribution in [0, 0.1) is 16.0 Å². The van der Waals surface area contributed by atoms with Crippen molar-refractivity contribution in [1.82, 2.24) is 0 Å². The fourth-order valence-corrected chi connectivity index (χ4v) is 3.21. The average Bonchev–Trinajstić information content (AvgIpc) is 2.41. The van der Waals surface area contributed by atoms with E-state index in [1.54, 1.807) is 18.2 Å². The first-order valence-electron chi connectivity index (χ1n) is 6.78. The van der Waals surface area contributed by atoms with Crippen LogP contribution < -0.4 is 5.32 Å². The number of nitro benzene ring substituents is 1. The van der Waals surface area contributed by atoms with Crippen LogP contribution >= 0.6 is 15.9 Å². The molecule has 0 saturated heterocycles. The highest BCUT2D eigenvalue weighted by atomic mass is 79.9. The Labute approximate surface area is 121 Å². The third-order valence-corrected chi connectivity index (χ3v) is 4.56. The summed E-state index contributed by atoms with van der Waals surface area (Å²) in [6.07, 6.45) is 6.54. The van der Waals surface area contributed by atoms with Crippen molar-refractivity contribution in [3.05, 3.63) is 32.8 Å². The van der Waals surface area contributed by atoms with Gasteiger partial charge < -0.3 is 5.32 Å². The molecule has 0 heterocycles. The van der Waals surface area contributed by atoms with Crippen molar-refractivity contribution in [2.75, 3.05) is 5.32 Å². The van der Waals surface area contributed by atoms with E-state index < -0.39 is 0 Å². The fraction of sp³-hybridized carbons (Fsp3) is 0.571. The second kappa shape index (κ2) is 6.37. The second-order valence-corrected chi connectivity index (χ2v) is 6.11. The maximum Gasteiger partial charge on any atom is 0.270 e. The number of nitrogens with zero attached hydrogens (tertiary/aromatic N) is 1. The lowest BCUT2D eigenvalue weighted by Gasteiger charge is -2.29.